The number of carboxylic acids is 1. The molecule has 0 bridgehead atoms. The number of benzene rings is 2. The zero-order valence-corrected chi connectivity index (χ0v) is 22.1. The van der Waals surface area contributed by atoms with Crippen LogP contribution in [0.1, 0.15) is 12.0 Å². The number of sulfonamides is 1. The van der Waals surface area contributed by atoms with Crippen LogP contribution in [0.25, 0.3) is 10.1 Å². The molecule has 2 aromatic carbocycles. The number of rotatable bonds is 6. The Labute approximate surface area is 225 Å². The number of amidine groups is 1. The Hall–Kier alpha value is -3.20. The van der Waals surface area contributed by atoms with Crippen molar-refractivity contribution in [3.05, 3.63) is 65.2 Å². The molecule has 0 saturated carbocycles. The number of likely N-dealkylation sites (N-methyl/N-ethyl adjacent to an activating group) is 1. The zero-order chi connectivity index (χ0) is 28.3. The van der Waals surface area contributed by atoms with Crippen LogP contribution in [-0.2, 0) is 19.6 Å². The maximum absolute atomic E-state index is 13.2. The molecule has 15 heteroatoms. The van der Waals surface area contributed by atoms with Crippen LogP contribution in [0.15, 0.2) is 63.8 Å². The van der Waals surface area contributed by atoms with Crippen LogP contribution in [0.3, 0.4) is 0 Å². The van der Waals surface area contributed by atoms with Crippen LogP contribution in [-0.4, -0.2) is 72.9 Å². The molecule has 1 aliphatic rings. The number of amides is 1. The van der Waals surface area contributed by atoms with Crippen LogP contribution >= 0.6 is 22.9 Å². The number of aliphatic imine (C=N–C) groups is 1. The first-order valence-electron chi connectivity index (χ1n) is 10.8. The van der Waals surface area contributed by atoms with E-state index < -0.39 is 28.2 Å². The van der Waals surface area contributed by atoms with Crippen molar-refractivity contribution in [1.29, 1.82) is 0 Å². The fourth-order valence-corrected chi connectivity index (χ4v) is 6.73. The Kier molecular flexibility index (Phi) is 9.02. The highest BCUT2D eigenvalue weighted by atomic mass is 35.5. The summed E-state index contributed by atoms with van der Waals surface area (Å²) in [6, 6.07) is 15.4. The number of likely N-dealkylation sites (tertiary alicyclic amines) is 1. The Morgan fingerprint density at radius 3 is 2.45 bits per heavy atom. The second-order valence-corrected chi connectivity index (χ2v) is 11.7. The molecule has 1 atom stereocenters. The Morgan fingerprint density at radius 2 is 1.87 bits per heavy atom. The van der Waals surface area contributed by atoms with Gasteiger partial charge in [0.1, 0.15) is 22.8 Å². The monoisotopic (exact) mass is 590 g/mol. The molecule has 1 aromatic heterocycles. The van der Waals surface area contributed by atoms with Gasteiger partial charge in [-0.25, -0.2) is 18.2 Å². The third-order valence-electron chi connectivity index (χ3n) is 5.55. The molecule has 204 valence electrons. The second kappa shape index (κ2) is 11.7. The number of halogens is 4. The van der Waals surface area contributed by atoms with Gasteiger partial charge in [-0.15, -0.1) is 11.3 Å². The number of nitrogens with two attached hydrogens (primary N) is 1. The average Bonchev–Trinajstić information content (AvgIpc) is 3.47. The lowest BCUT2D eigenvalue weighted by Gasteiger charge is -2.22. The number of hydrogen-bond acceptors (Lipinski definition) is 6. The SMILES string of the molecule is CN([C@H]1CCN(CN=C(N)c2ccccc2)C1=O)S(=O)(=O)c1cc2c(Cl)cccc2s1.O=C(O)C(F)(F)F. The van der Waals surface area contributed by atoms with Gasteiger partial charge in [-0.3, -0.25) is 4.79 Å². The first-order valence-corrected chi connectivity index (χ1v) is 13.5. The minimum absolute atomic E-state index is 0.0858. The molecule has 1 fully saturated rings. The van der Waals surface area contributed by atoms with Crippen LogP contribution in [0.4, 0.5) is 13.2 Å². The lowest BCUT2D eigenvalue weighted by atomic mass is 10.2. The first-order chi connectivity index (χ1) is 17.7. The van der Waals surface area contributed by atoms with Crippen LogP contribution in [0, 0.1) is 0 Å². The third kappa shape index (κ3) is 6.62. The molecule has 9 nitrogen and oxygen atoms in total. The van der Waals surface area contributed by atoms with Crippen LogP contribution in [0.5, 0.6) is 0 Å². The molecule has 3 N–H and O–H groups in total. The van der Waals surface area contributed by atoms with E-state index in [9.17, 15) is 26.4 Å². The van der Waals surface area contributed by atoms with E-state index in [2.05, 4.69) is 4.99 Å². The fraction of sp³-hybridized carbons (Fsp3) is 0.261. The normalized spacial score (nSPS) is 16.6. The summed E-state index contributed by atoms with van der Waals surface area (Å²) in [5.41, 5.74) is 6.78. The number of carbonyl (C=O) groups is 2. The van der Waals surface area contributed by atoms with E-state index >= 15 is 0 Å². The molecule has 1 aliphatic heterocycles. The van der Waals surface area contributed by atoms with Crippen molar-refractivity contribution in [2.75, 3.05) is 20.3 Å². The van der Waals surface area contributed by atoms with Gasteiger partial charge in [0, 0.05) is 34.3 Å². The van der Waals surface area contributed by atoms with E-state index in [1.165, 1.54) is 11.9 Å². The summed E-state index contributed by atoms with van der Waals surface area (Å²) in [6.07, 6.45) is -4.69. The van der Waals surface area contributed by atoms with Gasteiger partial charge in [0.25, 0.3) is 10.0 Å². The minimum atomic E-state index is -5.08. The summed E-state index contributed by atoms with van der Waals surface area (Å²) in [5.74, 6) is -2.71. The number of carboxylic acid groups (broad SMARTS) is 1. The van der Waals surface area contributed by atoms with Gasteiger partial charge in [0.2, 0.25) is 5.91 Å². The lowest BCUT2D eigenvalue weighted by molar-refractivity contribution is -0.192. The molecular formula is C23H22ClF3N4O5S2. The van der Waals surface area contributed by atoms with Crippen molar-refractivity contribution < 1.29 is 36.3 Å². The van der Waals surface area contributed by atoms with Crippen LogP contribution < -0.4 is 5.73 Å². The summed E-state index contributed by atoms with van der Waals surface area (Å²) in [7, 11) is -2.41. The smallest absolute Gasteiger partial charge is 0.475 e. The molecule has 4 rings (SSSR count). The zero-order valence-electron chi connectivity index (χ0n) is 19.7. The Morgan fingerprint density at radius 1 is 1.24 bits per heavy atom. The number of carbonyl (C=O) groups excluding carboxylic acids is 1. The van der Waals surface area contributed by atoms with Crippen molar-refractivity contribution in [2.24, 2.45) is 10.7 Å². The average molecular weight is 591 g/mol. The summed E-state index contributed by atoms with van der Waals surface area (Å²) >= 11 is 7.33. The highest BCUT2D eigenvalue weighted by molar-refractivity contribution is 7.91. The number of aliphatic carboxylic acids is 1. The van der Waals surface area contributed by atoms with Crippen molar-refractivity contribution >= 4 is 60.8 Å². The van der Waals surface area contributed by atoms with E-state index in [-0.39, 0.29) is 16.8 Å². The first kappa shape index (κ1) is 29.4. The van der Waals surface area contributed by atoms with Gasteiger partial charge in [0.15, 0.2) is 0 Å². The predicted octanol–water partition coefficient (Wildman–Crippen LogP) is 3.77. The van der Waals surface area contributed by atoms with E-state index in [1.807, 2.05) is 36.4 Å². The molecule has 0 aliphatic carbocycles. The van der Waals surface area contributed by atoms with Crippen molar-refractivity contribution in [2.45, 2.75) is 22.8 Å². The maximum Gasteiger partial charge on any atom is 0.490 e. The number of nitrogens with zero attached hydrogens (tertiary/aromatic N) is 3. The van der Waals surface area contributed by atoms with E-state index in [4.69, 9.17) is 27.2 Å². The number of alkyl halides is 3. The van der Waals surface area contributed by atoms with Gasteiger partial charge in [-0.2, -0.15) is 17.5 Å². The van der Waals surface area contributed by atoms with E-state index in [0.29, 0.717) is 29.2 Å². The highest BCUT2D eigenvalue weighted by Crippen LogP contribution is 2.35. The molecule has 1 amide bonds. The van der Waals surface area contributed by atoms with Gasteiger partial charge < -0.3 is 15.7 Å². The fourth-order valence-electron chi connectivity index (χ4n) is 3.50. The molecule has 0 unspecified atom stereocenters. The summed E-state index contributed by atoms with van der Waals surface area (Å²) in [5, 5.41) is 8.31. The number of fused-ring (bicyclic) bond motifs is 1. The summed E-state index contributed by atoms with van der Waals surface area (Å²) in [6.45, 7) is 0.496. The molecule has 0 spiro atoms. The second-order valence-electron chi connectivity index (χ2n) is 8.00. The Bertz CT molecular complexity index is 1460. The topological polar surface area (TPSA) is 133 Å². The molecule has 2 heterocycles. The standard InChI is InChI=1S/C21H21ClN4O3S2.C2HF3O2/c1-25(31(28,29)19-12-15-16(22)8-5-9-18(15)30-19)17-10-11-26(21(17)27)13-24-20(23)14-6-3-2-4-7-14;3-2(4,5)1(6)7/h2-9,12,17H,10-11,13H2,1H3,(H2,23,24);(H,6,7)/t17-;/m0./s1. The molecule has 3 aromatic rings. The largest absolute Gasteiger partial charge is 0.490 e. The number of thiophene rings is 1. The van der Waals surface area contributed by atoms with Gasteiger partial charge in [0.05, 0.1) is 0 Å². The van der Waals surface area contributed by atoms with Gasteiger partial charge in [-0.05, 0) is 24.6 Å². The molecule has 0 radical (unpaired) electrons. The lowest BCUT2D eigenvalue weighted by Crippen LogP contribution is -2.42. The third-order valence-corrected chi connectivity index (χ3v) is 9.30. The quantitative estimate of drug-likeness (QED) is 0.332. The van der Waals surface area contributed by atoms with E-state index in [0.717, 1.165) is 25.9 Å². The van der Waals surface area contributed by atoms with Gasteiger partial charge in [-0.1, -0.05) is 48.0 Å². The van der Waals surface area contributed by atoms with Crippen LogP contribution in [0.2, 0.25) is 5.02 Å². The Balaban J connectivity index is 0.000000505. The summed E-state index contributed by atoms with van der Waals surface area (Å²) in [4.78, 5) is 27.6. The minimum Gasteiger partial charge on any atom is -0.475 e. The highest BCUT2D eigenvalue weighted by Gasteiger charge is 2.40. The van der Waals surface area contributed by atoms with Crippen molar-refractivity contribution in [3.63, 3.8) is 0 Å². The van der Waals surface area contributed by atoms with E-state index in [1.54, 1.807) is 18.2 Å². The van der Waals surface area contributed by atoms with Gasteiger partial charge >= 0.3 is 12.1 Å². The predicted molar refractivity (Wildman–Crippen MR) is 138 cm³/mol. The molecule has 38 heavy (non-hydrogen) atoms. The molecular weight excluding hydrogens is 569 g/mol. The summed E-state index contributed by atoms with van der Waals surface area (Å²) < 4.78 is 60.2. The maximum atomic E-state index is 13.2. The number of hydrogen-bond donors (Lipinski definition) is 2. The van der Waals surface area contributed by atoms with Crippen molar-refractivity contribution in [1.82, 2.24) is 9.21 Å². The molecule has 1 saturated heterocycles. The van der Waals surface area contributed by atoms with Crippen molar-refractivity contribution in [3.8, 4) is 0 Å².